The number of fused-ring (bicyclic) bond motifs is 1. The number of benzene rings is 2. The molecule has 0 amide bonds. The molecule has 0 radical (unpaired) electrons. The van der Waals surface area contributed by atoms with Gasteiger partial charge in [0.15, 0.2) is 16.6 Å². The Balaban J connectivity index is 1.56. The average Bonchev–Trinajstić information content (AvgIpc) is 3.30. The molecule has 0 spiro atoms. The number of hydrogen-bond donors (Lipinski definition) is 3. The Bertz CT molecular complexity index is 1300. The first-order valence-corrected chi connectivity index (χ1v) is 11.6. The highest BCUT2D eigenvalue weighted by Gasteiger charge is 2.15. The number of anilines is 2. The van der Waals surface area contributed by atoms with E-state index in [1.54, 1.807) is 12.1 Å². The minimum Gasteiger partial charge on any atom is -0.495 e. The molecule has 36 heavy (non-hydrogen) atoms. The Morgan fingerprint density at radius 1 is 1.00 bits per heavy atom. The second-order valence-corrected chi connectivity index (χ2v) is 8.53. The van der Waals surface area contributed by atoms with Crippen molar-refractivity contribution in [3.63, 3.8) is 0 Å². The van der Waals surface area contributed by atoms with Crippen LogP contribution >= 0.6 is 23.8 Å². The third kappa shape index (κ3) is 6.23. The van der Waals surface area contributed by atoms with Crippen LogP contribution in [0, 0.1) is 13.8 Å². The molecule has 0 atom stereocenters. The number of methoxy groups -OCH3 is 2. The molecule has 0 bridgehead atoms. The highest BCUT2D eigenvalue weighted by atomic mass is 35.5. The van der Waals surface area contributed by atoms with Crippen LogP contribution in [0.3, 0.4) is 0 Å². The lowest BCUT2D eigenvalue weighted by molar-refractivity contribution is 0.174. The molecular weight excluding hydrogens is 504 g/mol. The molecule has 1 aromatic heterocycles. The number of aromatic nitrogens is 2. The number of aliphatic imine (C=N–C) groups is 1. The number of aryl methyl sites for hydroxylation is 2. The summed E-state index contributed by atoms with van der Waals surface area (Å²) in [6, 6.07) is 10.9. The van der Waals surface area contributed by atoms with Crippen LogP contribution in [-0.4, -0.2) is 42.1 Å². The number of rotatable bonds is 6. The number of hydrogen-bond acceptors (Lipinski definition) is 8. The smallest absolute Gasteiger partial charge is 0.231 e. The second-order valence-electron chi connectivity index (χ2n) is 7.72. The molecule has 4 rings (SSSR count). The Morgan fingerprint density at radius 3 is 2.44 bits per heavy atom. The molecule has 12 heteroatoms. The molecular formula is C24H25ClN6O4S. The van der Waals surface area contributed by atoms with Gasteiger partial charge in [-0.1, -0.05) is 17.7 Å². The molecule has 0 unspecified atom stereocenters. The maximum atomic E-state index is 6.21. The van der Waals surface area contributed by atoms with Crippen molar-refractivity contribution in [3.05, 3.63) is 58.4 Å². The zero-order chi connectivity index (χ0) is 25.7. The number of nitrogens with one attached hydrogen (secondary N) is 3. The fourth-order valence-corrected chi connectivity index (χ4v) is 3.86. The van der Waals surface area contributed by atoms with Crippen LogP contribution in [0.4, 0.5) is 11.6 Å². The van der Waals surface area contributed by atoms with Gasteiger partial charge < -0.3 is 29.6 Å². The van der Waals surface area contributed by atoms with Crippen molar-refractivity contribution >= 4 is 46.5 Å². The fraction of sp³-hybridized carbons (Fsp3) is 0.250. The van der Waals surface area contributed by atoms with Gasteiger partial charge in [0.2, 0.25) is 18.7 Å². The van der Waals surface area contributed by atoms with E-state index in [9.17, 15) is 0 Å². The highest BCUT2D eigenvalue weighted by molar-refractivity contribution is 7.80. The van der Waals surface area contributed by atoms with Crippen molar-refractivity contribution in [1.82, 2.24) is 15.3 Å². The van der Waals surface area contributed by atoms with Gasteiger partial charge in [-0.25, -0.2) is 15.0 Å². The summed E-state index contributed by atoms with van der Waals surface area (Å²) in [4.78, 5) is 13.5. The van der Waals surface area contributed by atoms with Gasteiger partial charge in [0.1, 0.15) is 11.5 Å². The van der Waals surface area contributed by atoms with Gasteiger partial charge in [-0.15, -0.1) is 0 Å². The molecule has 0 aliphatic carbocycles. The Morgan fingerprint density at radius 2 is 1.72 bits per heavy atom. The molecule has 10 nitrogen and oxygen atoms in total. The molecule has 0 saturated heterocycles. The van der Waals surface area contributed by atoms with E-state index in [0.717, 1.165) is 17.0 Å². The molecule has 0 saturated carbocycles. The lowest BCUT2D eigenvalue weighted by Gasteiger charge is -2.17. The predicted molar refractivity (Wildman–Crippen MR) is 143 cm³/mol. The molecule has 3 N–H and O–H groups in total. The maximum absolute atomic E-state index is 6.21. The van der Waals surface area contributed by atoms with Gasteiger partial charge in [0, 0.05) is 23.5 Å². The first-order chi connectivity index (χ1) is 17.3. The molecule has 1 aliphatic heterocycles. The van der Waals surface area contributed by atoms with Crippen LogP contribution in [0.1, 0.15) is 17.0 Å². The lowest BCUT2D eigenvalue weighted by Crippen LogP contribution is -2.39. The van der Waals surface area contributed by atoms with Crippen molar-refractivity contribution < 1.29 is 18.9 Å². The first-order valence-electron chi connectivity index (χ1n) is 10.9. The van der Waals surface area contributed by atoms with Gasteiger partial charge in [0.25, 0.3) is 0 Å². The monoisotopic (exact) mass is 528 g/mol. The Labute approximate surface area is 219 Å². The number of thiocarbonyl (C=S) groups is 1. The van der Waals surface area contributed by atoms with Gasteiger partial charge in [0.05, 0.1) is 31.5 Å². The third-order valence-electron chi connectivity index (χ3n) is 5.02. The summed E-state index contributed by atoms with van der Waals surface area (Å²) in [6.07, 6.45) is 0. The van der Waals surface area contributed by atoms with Gasteiger partial charge in [-0.3, -0.25) is 5.32 Å². The van der Waals surface area contributed by atoms with Crippen LogP contribution in [-0.2, 0) is 6.54 Å². The van der Waals surface area contributed by atoms with Crippen LogP contribution in [0.15, 0.2) is 41.4 Å². The van der Waals surface area contributed by atoms with E-state index >= 15 is 0 Å². The van der Waals surface area contributed by atoms with E-state index in [4.69, 9.17) is 42.8 Å². The molecule has 0 fully saturated rings. The normalized spacial score (nSPS) is 12.2. The van der Waals surface area contributed by atoms with E-state index in [-0.39, 0.29) is 11.9 Å². The molecule has 2 heterocycles. The summed E-state index contributed by atoms with van der Waals surface area (Å²) >= 11 is 11.8. The van der Waals surface area contributed by atoms with E-state index in [1.807, 2.05) is 38.1 Å². The molecule has 3 aromatic rings. The largest absolute Gasteiger partial charge is 0.495 e. The SMILES string of the molecule is COc1cc(NC(=S)NC(=NCc2ccc3c(c2)OCO3)Nc2nc(C)cc(C)n2)c(OC)cc1Cl. The minimum absolute atomic E-state index is 0.208. The summed E-state index contributed by atoms with van der Waals surface area (Å²) < 4.78 is 21.6. The number of nitrogens with zero attached hydrogens (tertiary/aromatic N) is 3. The fourth-order valence-electron chi connectivity index (χ4n) is 3.43. The number of guanidine groups is 1. The predicted octanol–water partition coefficient (Wildman–Crippen LogP) is 4.45. The van der Waals surface area contributed by atoms with E-state index in [2.05, 4.69) is 30.9 Å². The van der Waals surface area contributed by atoms with Crippen molar-refractivity contribution in [1.29, 1.82) is 0 Å². The van der Waals surface area contributed by atoms with Crippen molar-refractivity contribution in [2.45, 2.75) is 20.4 Å². The topological polar surface area (TPSA) is 111 Å². The average molecular weight is 529 g/mol. The van der Waals surface area contributed by atoms with Gasteiger partial charge >= 0.3 is 0 Å². The summed E-state index contributed by atoms with van der Waals surface area (Å²) in [6.45, 7) is 4.32. The van der Waals surface area contributed by atoms with Gasteiger partial charge in [-0.2, -0.15) is 0 Å². The van der Waals surface area contributed by atoms with Crippen LogP contribution < -0.4 is 34.9 Å². The van der Waals surface area contributed by atoms with Crippen molar-refractivity contribution in [2.75, 3.05) is 31.6 Å². The summed E-state index contributed by atoms with van der Waals surface area (Å²) in [7, 11) is 3.07. The second kappa shape index (κ2) is 11.3. The summed E-state index contributed by atoms with van der Waals surface area (Å²) in [5.74, 6) is 3.09. The number of ether oxygens (including phenoxy) is 4. The lowest BCUT2D eigenvalue weighted by atomic mass is 10.2. The van der Waals surface area contributed by atoms with E-state index in [1.165, 1.54) is 14.2 Å². The maximum Gasteiger partial charge on any atom is 0.231 e. The van der Waals surface area contributed by atoms with Crippen LogP contribution in [0.2, 0.25) is 5.02 Å². The summed E-state index contributed by atoms with van der Waals surface area (Å²) in [5.41, 5.74) is 3.12. The molecule has 1 aliphatic rings. The minimum atomic E-state index is 0.208. The van der Waals surface area contributed by atoms with Crippen LogP contribution in [0.25, 0.3) is 0 Å². The summed E-state index contributed by atoms with van der Waals surface area (Å²) in [5, 5.41) is 9.95. The zero-order valence-electron chi connectivity index (χ0n) is 20.1. The highest BCUT2D eigenvalue weighted by Crippen LogP contribution is 2.36. The van der Waals surface area contributed by atoms with E-state index in [0.29, 0.717) is 52.2 Å². The Hall–Kier alpha value is -3.83. The molecule has 2 aromatic carbocycles. The van der Waals surface area contributed by atoms with Gasteiger partial charge in [-0.05, 0) is 49.8 Å². The number of halogens is 1. The molecule has 188 valence electrons. The standard InChI is InChI=1S/C24H25ClN6O4S/c1-13-7-14(2)28-23(27-13)30-22(26-11-15-5-6-18-21(8-15)35-12-34-18)31-24(36)29-17-10-19(32-3)16(25)9-20(17)33-4/h5-10H,11-12H2,1-4H3,(H3,26,27,28,29,30,31,36). The van der Waals surface area contributed by atoms with E-state index < -0.39 is 0 Å². The zero-order valence-corrected chi connectivity index (χ0v) is 21.7. The van der Waals surface area contributed by atoms with Crippen molar-refractivity contribution in [2.24, 2.45) is 4.99 Å². The third-order valence-corrected chi connectivity index (χ3v) is 5.52. The van der Waals surface area contributed by atoms with Crippen molar-refractivity contribution in [3.8, 4) is 23.0 Å². The van der Waals surface area contributed by atoms with Crippen LogP contribution in [0.5, 0.6) is 23.0 Å². The Kier molecular flexibility index (Phi) is 7.91. The first kappa shape index (κ1) is 25.3. The quantitative estimate of drug-likeness (QED) is 0.241.